The predicted molar refractivity (Wildman–Crippen MR) is 64.3 cm³/mol. The summed E-state index contributed by atoms with van der Waals surface area (Å²) in [5, 5.41) is 0. The van der Waals surface area contributed by atoms with Crippen molar-refractivity contribution in [2.45, 2.75) is 25.3 Å². The van der Waals surface area contributed by atoms with Crippen LogP contribution in [0, 0.1) is 0 Å². The molecule has 1 aromatic carbocycles. The SMILES string of the molecule is NC(=O)C1CCCCN1C(=O)c1ccccc1. The van der Waals surface area contributed by atoms with E-state index in [1.54, 1.807) is 17.0 Å². The van der Waals surface area contributed by atoms with E-state index >= 15 is 0 Å². The Bertz CT molecular complexity index is 417. The number of likely N-dealkylation sites (tertiary alicyclic amines) is 1. The molecule has 1 heterocycles. The lowest BCUT2D eigenvalue weighted by atomic mass is 10.0. The van der Waals surface area contributed by atoms with Gasteiger partial charge in [-0.2, -0.15) is 0 Å². The summed E-state index contributed by atoms with van der Waals surface area (Å²) >= 11 is 0. The van der Waals surface area contributed by atoms with Crippen molar-refractivity contribution in [3.63, 3.8) is 0 Å². The van der Waals surface area contributed by atoms with Crippen molar-refractivity contribution >= 4 is 11.8 Å². The van der Waals surface area contributed by atoms with Crippen molar-refractivity contribution in [1.82, 2.24) is 4.90 Å². The average molecular weight is 232 g/mol. The molecule has 1 aliphatic rings. The number of carbonyl (C=O) groups excluding carboxylic acids is 2. The number of nitrogens with zero attached hydrogens (tertiary/aromatic N) is 1. The summed E-state index contributed by atoms with van der Waals surface area (Å²) in [6.07, 6.45) is 2.56. The average Bonchev–Trinajstić information content (AvgIpc) is 2.39. The van der Waals surface area contributed by atoms with E-state index in [4.69, 9.17) is 5.73 Å². The molecule has 0 saturated carbocycles. The Hall–Kier alpha value is -1.84. The maximum atomic E-state index is 12.2. The minimum Gasteiger partial charge on any atom is -0.368 e. The highest BCUT2D eigenvalue weighted by molar-refractivity contribution is 5.97. The van der Waals surface area contributed by atoms with E-state index in [1.165, 1.54) is 0 Å². The number of primary amides is 1. The third-order valence-electron chi connectivity index (χ3n) is 3.11. The molecule has 0 bridgehead atoms. The Morgan fingerprint density at radius 1 is 1.18 bits per heavy atom. The lowest BCUT2D eigenvalue weighted by Crippen LogP contribution is -2.50. The van der Waals surface area contributed by atoms with Gasteiger partial charge >= 0.3 is 0 Å². The maximum absolute atomic E-state index is 12.2. The van der Waals surface area contributed by atoms with Gasteiger partial charge in [-0.3, -0.25) is 9.59 Å². The Kier molecular flexibility index (Phi) is 3.42. The largest absolute Gasteiger partial charge is 0.368 e. The molecular weight excluding hydrogens is 216 g/mol. The van der Waals surface area contributed by atoms with Gasteiger partial charge in [0.1, 0.15) is 6.04 Å². The van der Waals surface area contributed by atoms with Gasteiger partial charge in [0, 0.05) is 12.1 Å². The molecule has 0 aliphatic carbocycles. The van der Waals surface area contributed by atoms with E-state index in [1.807, 2.05) is 18.2 Å². The number of carbonyl (C=O) groups is 2. The summed E-state index contributed by atoms with van der Waals surface area (Å²) in [5.41, 5.74) is 5.95. The first kappa shape index (κ1) is 11.6. The van der Waals surface area contributed by atoms with Gasteiger partial charge < -0.3 is 10.6 Å². The third kappa shape index (κ3) is 2.46. The molecule has 1 aromatic rings. The van der Waals surface area contributed by atoms with Gasteiger partial charge in [-0.25, -0.2) is 0 Å². The van der Waals surface area contributed by atoms with E-state index in [9.17, 15) is 9.59 Å². The summed E-state index contributed by atoms with van der Waals surface area (Å²) in [6.45, 7) is 0.612. The van der Waals surface area contributed by atoms with Crippen LogP contribution in [-0.2, 0) is 4.79 Å². The third-order valence-corrected chi connectivity index (χ3v) is 3.11. The minimum atomic E-state index is -0.448. The molecule has 2 rings (SSSR count). The van der Waals surface area contributed by atoms with E-state index in [2.05, 4.69) is 0 Å². The molecule has 1 atom stereocenters. The van der Waals surface area contributed by atoms with Crippen LogP contribution in [0.1, 0.15) is 29.6 Å². The number of hydrogen-bond acceptors (Lipinski definition) is 2. The molecule has 4 heteroatoms. The maximum Gasteiger partial charge on any atom is 0.254 e. The van der Waals surface area contributed by atoms with Crippen LogP contribution in [0.25, 0.3) is 0 Å². The molecule has 1 saturated heterocycles. The Morgan fingerprint density at radius 2 is 1.88 bits per heavy atom. The highest BCUT2D eigenvalue weighted by atomic mass is 16.2. The fraction of sp³-hybridized carbons (Fsp3) is 0.385. The zero-order valence-electron chi connectivity index (χ0n) is 9.63. The standard InChI is InChI=1S/C13H16N2O2/c14-12(16)11-8-4-5-9-15(11)13(17)10-6-2-1-3-7-10/h1-3,6-7,11H,4-5,8-9H2,(H2,14,16). The van der Waals surface area contributed by atoms with Gasteiger partial charge in [-0.05, 0) is 31.4 Å². The molecule has 0 aromatic heterocycles. The van der Waals surface area contributed by atoms with Gasteiger partial charge in [-0.1, -0.05) is 18.2 Å². The molecule has 0 spiro atoms. The van der Waals surface area contributed by atoms with Crippen LogP contribution in [-0.4, -0.2) is 29.3 Å². The lowest BCUT2D eigenvalue weighted by Gasteiger charge is -2.33. The normalized spacial score (nSPS) is 20.0. The molecule has 0 radical (unpaired) electrons. The molecule has 90 valence electrons. The quantitative estimate of drug-likeness (QED) is 0.831. The van der Waals surface area contributed by atoms with Crippen molar-refractivity contribution in [1.29, 1.82) is 0 Å². The van der Waals surface area contributed by atoms with Crippen LogP contribution in [0.15, 0.2) is 30.3 Å². The molecule has 1 unspecified atom stereocenters. The van der Waals surface area contributed by atoms with E-state index in [-0.39, 0.29) is 5.91 Å². The van der Waals surface area contributed by atoms with E-state index in [0.29, 0.717) is 18.5 Å². The number of rotatable bonds is 2. The molecule has 2 N–H and O–H groups in total. The Labute approximate surface area is 100 Å². The molecule has 4 nitrogen and oxygen atoms in total. The van der Waals surface area contributed by atoms with Crippen LogP contribution >= 0.6 is 0 Å². The van der Waals surface area contributed by atoms with Crippen molar-refractivity contribution in [2.75, 3.05) is 6.54 Å². The summed E-state index contributed by atoms with van der Waals surface area (Å²) in [7, 11) is 0. The topological polar surface area (TPSA) is 63.4 Å². The molecule has 1 fully saturated rings. The second-order valence-electron chi connectivity index (χ2n) is 4.28. The lowest BCUT2D eigenvalue weighted by molar-refractivity contribution is -0.123. The van der Waals surface area contributed by atoms with Crippen LogP contribution in [0.5, 0.6) is 0 Å². The summed E-state index contributed by atoms with van der Waals surface area (Å²) in [5.74, 6) is -0.511. The van der Waals surface area contributed by atoms with Crippen molar-refractivity contribution in [3.8, 4) is 0 Å². The zero-order chi connectivity index (χ0) is 12.3. The second-order valence-corrected chi connectivity index (χ2v) is 4.28. The second kappa shape index (κ2) is 4.99. The number of nitrogens with two attached hydrogens (primary N) is 1. The number of piperidine rings is 1. The summed E-state index contributed by atoms with van der Waals surface area (Å²) in [4.78, 5) is 25.2. The van der Waals surface area contributed by atoms with Crippen LogP contribution in [0.3, 0.4) is 0 Å². The first-order valence-corrected chi connectivity index (χ1v) is 5.85. The predicted octanol–water partition coefficient (Wildman–Crippen LogP) is 1.17. The summed E-state index contributed by atoms with van der Waals surface area (Å²) in [6, 6.07) is 8.56. The first-order valence-electron chi connectivity index (χ1n) is 5.85. The number of amides is 2. The van der Waals surface area contributed by atoms with Gasteiger partial charge in [0.25, 0.3) is 5.91 Å². The van der Waals surface area contributed by atoms with Gasteiger partial charge in [0.15, 0.2) is 0 Å². The fourth-order valence-corrected chi connectivity index (χ4v) is 2.22. The van der Waals surface area contributed by atoms with Crippen LogP contribution < -0.4 is 5.73 Å². The number of benzene rings is 1. The number of hydrogen-bond donors (Lipinski definition) is 1. The van der Waals surface area contributed by atoms with E-state index in [0.717, 1.165) is 12.8 Å². The van der Waals surface area contributed by atoms with E-state index < -0.39 is 11.9 Å². The summed E-state index contributed by atoms with van der Waals surface area (Å²) < 4.78 is 0. The van der Waals surface area contributed by atoms with Crippen molar-refractivity contribution in [2.24, 2.45) is 5.73 Å². The zero-order valence-corrected chi connectivity index (χ0v) is 9.63. The molecule has 2 amide bonds. The first-order chi connectivity index (χ1) is 8.20. The highest BCUT2D eigenvalue weighted by Gasteiger charge is 2.30. The molecule has 17 heavy (non-hydrogen) atoms. The van der Waals surface area contributed by atoms with Gasteiger partial charge in [0.05, 0.1) is 0 Å². The van der Waals surface area contributed by atoms with Crippen molar-refractivity contribution < 1.29 is 9.59 Å². The van der Waals surface area contributed by atoms with Gasteiger partial charge in [0.2, 0.25) is 5.91 Å². The smallest absolute Gasteiger partial charge is 0.254 e. The Morgan fingerprint density at radius 3 is 2.53 bits per heavy atom. The highest BCUT2D eigenvalue weighted by Crippen LogP contribution is 2.19. The van der Waals surface area contributed by atoms with Crippen LogP contribution in [0.2, 0.25) is 0 Å². The molecule has 1 aliphatic heterocycles. The van der Waals surface area contributed by atoms with Gasteiger partial charge in [-0.15, -0.1) is 0 Å². The minimum absolute atomic E-state index is 0.103. The fourth-order valence-electron chi connectivity index (χ4n) is 2.22. The van der Waals surface area contributed by atoms with Crippen molar-refractivity contribution in [3.05, 3.63) is 35.9 Å². The monoisotopic (exact) mass is 232 g/mol. The molecular formula is C13H16N2O2. The van der Waals surface area contributed by atoms with Crippen LogP contribution in [0.4, 0.5) is 0 Å². The Balaban J connectivity index is 2.20.